The smallest absolute Gasteiger partial charge is 0.307 e. The first-order valence-corrected chi connectivity index (χ1v) is 0.878. The van der Waals surface area contributed by atoms with E-state index in [2.05, 4.69) is 0 Å². The maximum absolute atomic E-state index is 10.2. The summed E-state index contributed by atoms with van der Waals surface area (Å²) in [6, 6.07) is 0. The Morgan fingerprint density at radius 2 is 1.33 bits per heavy atom. The predicted octanol–water partition coefficient (Wildman–Crippen LogP) is -1.56. The van der Waals surface area contributed by atoms with Crippen LogP contribution in [0.4, 0.5) is 8.78 Å². The minimum absolute atomic E-state index is 0. The Hall–Kier alpha value is 0.963. The molecule has 0 aliphatic heterocycles. The second kappa shape index (κ2) is 9.35. The summed E-state index contributed by atoms with van der Waals surface area (Å²) in [5.74, 6) is 0. The zero-order valence-electron chi connectivity index (χ0n) is 3.34. The molecule has 0 rings (SSSR count). The van der Waals surface area contributed by atoms with Crippen LogP contribution in [0.15, 0.2) is 0 Å². The summed E-state index contributed by atoms with van der Waals surface area (Å²) in [5, 5.41) is 0. The van der Waals surface area contributed by atoms with Crippen LogP contribution in [0.25, 0.3) is 0 Å². The van der Waals surface area contributed by atoms with Crippen molar-refractivity contribution in [3.05, 3.63) is 6.43 Å². The van der Waals surface area contributed by atoms with Gasteiger partial charge in [0.05, 0.1) is 0 Å². The summed E-state index contributed by atoms with van der Waals surface area (Å²) in [6.07, 6.45) is -1.58. The minimum Gasteiger partial charge on any atom is -1.00 e. The van der Waals surface area contributed by atoms with Crippen molar-refractivity contribution >= 4 is 0 Å². The molecule has 6 heavy (non-hydrogen) atoms. The Morgan fingerprint density at radius 3 is 1.33 bits per heavy atom. The maximum atomic E-state index is 10.2. The van der Waals surface area contributed by atoms with E-state index in [1.807, 2.05) is 0 Å². The van der Waals surface area contributed by atoms with Crippen LogP contribution >= 0.6 is 0 Å². The van der Waals surface area contributed by atoms with Crippen LogP contribution in [0, 0.1) is 6.43 Å². The molecule has 0 aliphatic rings. The van der Waals surface area contributed by atoms with Crippen molar-refractivity contribution in [2.24, 2.45) is 0 Å². The van der Waals surface area contributed by atoms with Crippen molar-refractivity contribution in [2.45, 2.75) is 6.92 Å². The third-order valence-electron chi connectivity index (χ3n) is 0. The van der Waals surface area contributed by atoms with Crippen LogP contribution in [0.3, 0.4) is 0 Å². The van der Waals surface area contributed by atoms with Crippen LogP contribution in [-0.2, 0) is 19.5 Å². The Labute approximate surface area is 58.8 Å². The number of hydrogen-bond donors (Lipinski definition) is 0. The molecule has 0 fully saturated rings. The van der Waals surface area contributed by atoms with Gasteiger partial charge in [-0.25, -0.2) is 8.78 Å². The summed E-state index contributed by atoms with van der Waals surface area (Å²) in [6.45, 7) is 0.750. The van der Waals surface area contributed by atoms with Crippen molar-refractivity contribution in [1.29, 1.82) is 0 Å². The molecule has 35 valence electrons. The van der Waals surface area contributed by atoms with Crippen LogP contribution in [0.2, 0.25) is 0 Å². The van der Waals surface area contributed by atoms with E-state index in [0.717, 1.165) is 6.92 Å². The van der Waals surface area contributed by atoms with Gasteiger partial charge in [-0.05, 0) is 0 Å². The summed E-state index contributed by atoms with van der Waals surface area (Å²) in [7, 11) is 0. The van der Waals surface area contributed by atoms with Crippen molar-refractivity contribution in [3.8, 4) is 0 Å². The average Bonchev–Trinajstić information content (AvgIpc) is 0.811. The van der Waals surface area contributed by atoms with E-state index in [4.69, 9.17) is 0 Å². The van der Waals surface area contributed by atoms with Crippen molar-refractivity contribution in [1.82, 2.24) is 0 Å². The van der Waals surface area contributed by atoms with Gasteiger partial charge in [-0.15, -0.1) is 0 Å². The van der Waals surface area contributed by atoms with Gasteiger partial charge in [0, 0.05) is 26.4 Å². The first-order chi connectivity index (χ1) is 1.73. The van der Waals surface area contributed by atoms with Crippen molar-refractivity contribution in [2.75, 3.05) is 0 Å². The van der Waals surface area contributed by atoms with Gasteiger partial charge in [0.25, 0.3) is 0 Å². The van der Waals surface area contributed by atoms with Crippen molar-refractivity contribution in [3.63, 3.8) is 0 Å². The summed E-state index contributed by atoms with van der Waals surface area (Å²) in [5.41, 5.74) is 0. The molecule has 0 N–H and O–H groups in total. The fourth-order valence-corrected chi connectivity index (χ4v) is 0. The van der Waals surface area contributed by atoms with Crippen LogP contribution in [0.5, 0.6) is 0 Å². The SMILES string of the molecule is C[C](F)F.[Br-].[Zn]. The standard InChI is InChI=1S/C2H3F2.BrH.Zn/c1-2(3)4;;/h1H3;1H;/p-1. The fraction of sp³-hybridized carbons (Fsp3) is 0.500. The molecule has 0 aliphatic carbocycles. The van der Waals surface area contributed by atoms with Gasteiger partial charge in [-0.1, -0.05) is 0 Å². The zero-order valence-corrected chi connectivity index (χ0v) is 7.89. The van der Waals surface area contributed by atoms with Gasteiger partial charge < -0.3 is 17.0 Å². The average molecular weight is 210 g/mol. The van der Waals surface area contributed by atoms with Gasteiger partial charge in [-0.2, -0.15) is 0 Å². The van der Waals surface area contributed by atoms with Crippen molar-refractivity contribution < 1.29 is 45.2 Å². The molecule has 0 unspecified atom stereocenters. The summed E-state index contributed by atoms with van der Waals surface area (Å²) >= 11 is 0. The molecule has 1 radical (unpaired) electrons. The van der Waals surface area contributed by atoms with Crippen LogP contribution < -0.4 is 17.0 Å². The van der Waals surface area contributed by atoms with Crippen LogP contribution in [-0.4, -0.2) is 0 Å². The molecule has 0 heterocycles. The fourth-order valence-electron chi connectivity index (χ4n) is 0. The predicted molar refractivity (Wildman–Crippen MR) is 11.1 cm³/mol. The van der Waals surface area contributed by atoms with Crippen LogP contribution in [0.1, 0.15) is 6.92 Å². The summed E-state index contributed by atoms with van der Waals surface area (Å²) < 4.78 is 20.5. The van der Waals surface area contributed by atoms with E-state index in [9.17, 15) is 8.78 Å². The molecular weight excluding hydrogens is 207 g/mol. The third-order valence-corrected chi connectivity index (χ3v) is 0. The van der Waals surface area contributed by atoms with Gasteiger partial charge >= 0.3 is 6.43 Å². The molecule has 0 saturated heterocycles. The maximum Gasteiger partial charge on any atom is 0.307 e. The largest absolute Gasteiger partial charge is 1.00 e. The van der Waals surface area contributed by atoms with E-state index in [1.165, 1.54) is 0 Å². The molecule has 0 amide bonds. The first-order valence-electron chi connectivity index (χ1n) is 0.878. The second-order valence-electron chi connectivity index (χ2n) is 0.449. The molecule has 4 heteroatoms. The Bertz CT molecular complexity index is 16.3. The minimum atomic E-state index is -1.58. The Morgan fingerprint density at radius 1 is 1.33 bits per heavy atom. The van der Waals surface area contributed by atoms with Gasteiger partial charge in [-0.3, -0.25) is 0 Å². The molecule has 0 aromatic heterocycles. The van der Waals surface area contributed by atoms with Gasteiger partial charge in [0.1, 0.15) is 0 Å². The van der Waals surface area contributed by atoms with E-state index >= 15 is 0 Å². The molecule has 0 aromatic rings. The second-order valence-corrected chi connectivity index (χ2v) is 0.449. The Balaban J connectivity index is -0.0000000450. The topological polar surface area (TPSA) is 0 Å². The zero-order chi connectivity index (χ0) is 3.58. The molecule has 0 atom stereocenters. The van der Waals surface area contributed by atoms with E-state index in [-0.39, 0.29) is 36.5 Å². The molecule has 0 bridgehead atoms. The first kappa shape index (κ1) is 15.8. The molecule has 0 nitrogen and oxygen atoms in total. The van der Waals surface area contributed by atoms with Gasteiger partial charge in [0.15, 0.2) is 0 Å². The van der Waals surface area contributed by atoms with E-state index < -0.39 is 6.43 Å². The monoisotopic (exact) mass is 208 g/mol. The quantitative estimate of drug-likeness (QED) is 0.424. The molecular formula is C2H3BrF2Zn-. The summed E-state index contributed by atoms with van der Waals surface area (Å²) in [4.78, 5) is 0. The molecule has 0 aromatic carbocycles. The van der Waals surface area contributed by atoms with E-state index in [1.54, 1.807) is 0 Å². The normalized spacial score (nSPS) is 6.00. The van der Waals surface area contributed by atoms with Gasteiger partial charge in [0.2, 0.25) is 0 Å². The third kappa shape index (κ3) is 84.0. The van der Waals surface area contributed by atoms with E-state index in [0.29, 0.717) is 0 Å². The number of halogens is 3. The molecule has 0 spiro atoms. The molecule has 0 saturated carbocycles. The number of hydrogen-bond acceptors (Lipinski definition) is 0. The number of rotatable bonds is 0. The Kier molecular flexibility index (Phi) is 24.6.